The lowest BCUT2D eigenvalue weighted by Gasteiger charge is -2.16. The Kier molecular flexibility index (Phi) is 6.44. The fraction of sp³-hybridized carbons (Fsp3) is 0.130. The molecule has 3 nitrogen and oxygen atoms in total. The zero-order valence-corrected chi connectivity index (χ0v) is 15.6. The highest BCUT2D eigenvalue weighted by molar-refractivity contribution is 8.14. The first-order valence-electron chi connectivity index (χ1n) is 8.76. The van der Waals surface area contributed by atoms with E-state index in [1.165, 1.54) is 11.8 Å². The molecule has 0 amide bonds. The molecule has 0 heterocycles. The lowest BCUT2D eigenvalue weighted by molar-refractivity contribution is -0.137. The van der Waals surface area contributed by atoms with Gasteiger partial charge >= 0.3 is 5.97 Å². The number of hydrogen-bond acceptors (Lipinski definition) is 3. The van der Waals surface area contributed by atoms with Crippen molar-refractivity contribution in [3.63, 3.8) is 0 Å². The molecule has 0 aliphatic rings. The molecule has 0 spiro atoms. The molecule has 0 fully saturated rings. The van der Waals surface area contributed by atoms with Crippen LogP contribution < -0.4 is 0 Å². The molecule has 3 aromatic rings. The molecule has 27 heavy (non-hydrogen) atoms. The largest absolute Gasteiger partial charge is 0.481 e. The van der Waals surface area contributed by atoms with E-state index in [9.17, 15) is 9.59 Å². The zero-order chi connectivity index (χ0) is 19.1. The van der Waals surface area contributed by atoms with Crippen LogP contribution in [0.15, 0.2) is 84.9 Å². The highest BCUT2D eigenvalue weighted by Gasteiger charge is 2.19. The fourth-order valence-corrected chi connectivity index (χ4v) is 3.90. The molecular formula is C23H20O3S. The molecule has 136 valence electrons. The van der Waals surface area contributed by atoms with Gasteiger partial charge < -0.3 is 5.11 Å². The minimum absolute atomic E-state index is 0.0279. The summed E-state index contributed by atoms with van der Waals surface area (Å²) in [6.07, 6.45) is 0.434. The van der Waals surface area contributed by atoms with Gasteiger partial charge in [0.15, 0.2) is 0 Å². The highest BCUT2D eigenvalue weighted by Crippen LogP contribution is 2.36. The summed E-state index contributed by atoms with van der Waals surface area (Å²) in [6, 6.07) is 27.2. The number of rotatable bonds is 7. The SMILES string of the molecule is O=C(O)CCC(SC(=O)c1ccccc1)c1ccc(-c2ccccc2)cc1. The van der Waals surface area contributed by atoms with Crippen molar-refractivity contribution in [2.45, 2.75) is 18.1 Å². The van der Waals surface area contributed by atoms with Crippen molar-refractivity contribution in [1.29, 1.82) is 0 Å². The van der Waals surface area contributed by atoms with Crippen molar-refractivity contribution in [3.05, 3.63) is 96.1 Å². The molecule has 0 aliphatic heterocycles. The summed E-state index contributed by atoms with van der Waals surface area (Å²) in [5, 5.41) is 8.82. The van der Waals surface area contributed by atoms with Gasteiger partial charge in [-0.25, -0.2) is 0 Å². The predicted octanol–water partition coefficient (Wildman–Crippen LogP) is 5.83. The summed E-state index contributed by atoms with van der Waals surface area (Å²) in [7, 11) is 0. The summed E-state index contributed by atoms with van der Waals surface area (Å²) in [4.78, 5) is 23.6. The number of carbonyl (C=O) groups excluding carboxylic acids is 1. The normalized spacial score (nSPS) is 11.7. The monoisotopic (exact) mass is 376 g/mol. The summed E-state index contributed by atoms with van der Waals surface area (Å²) in [6.45, 7) is 0. The Hall–Kier alpha value is -2.85. The summed E-state index contributed by atoms with van der Waals surface area (Å²) in [5.74, 6) is -0.853. The smallest absolute Gasteiger partial charge is 0.303 e. The second kappa shape index (κ2) is 9.19. The summed E-state index contributed by atoms with van der Waals surface area (Å²) >= 11 is 1.19. The second-order valence-corrected chi connectivity index (χ2v) is 7.36. The number of carboxylic acids is 1. The number of hydrogen-bond donors (Lipinski definition) is 1. The van der Waals surface area contributed by atoms with E-state index in [1.54, 1.807) is 12.1 Å². The summed E-state index contributed by atoms with van der Waals surface area (Å²) in [5.41, 5.74) is 3.81. The number of thioether (sulfide) groups is 1. The molecule has 0 saturated carbocycles. The third-order valence-corrected chi connectivity index (χ3v) is 5.51. The van der Waals surface area contributed by atoms with Crippen molar-refractivity contribution < 1.29 is 14.7 Å². The predicted molar refractivity (Wildman–Crippen MR) is 110 cm³/mol. The van der Waals surface area contributed by atoms with E-state index in [0.29, 0.717) is 12.0 Å². The van der Waals surface area contributed by atoms with Crippen molar-refractivity contribution in [2.75, 3.05) is 0 Å². The van der Waals surface area contributed by atoms with Gasteiger partial charge in [-0.05, 0) is 23.1 Å². The van der Waals surface area contributed by atoms with Crippen LogP contribution in [0.3, 0.4) is 0 Å². The number of carbonyl (C=O) groups is 2. The van der Waals surface area contributed by atoms with Gasteiger partial charge in [0.2, 0.25) is 5.12 Å². The Morgan fingerprint density at radius 3 is 1.93 bits per heavy atom. The van der Waals surface area contributed by atoms with Gasteiger partial charge in [0.1, 0.15) is 0 Å². The number of benzene rings is 3. The fourth-order valence-electron chi connectivity index (χ4n) is 2.84. The van der Waals surface area contributed by atoms with Gasteiger partial charge in [0.05, 0.1) is 0 Å². The molecule has 3 aromatic carbocycles. The topological polar surface area (TPSA) is 54.4 Å². The number of carboxylic acid groups (broad SMARTS) is 1. The maximum Gasteiger partial charge on any atom is 0.303 e. The molecule has 3 rings (SSSR count). The maximum atomic E-state index is 12.6. The maximum absolute atomic E-state index is 12.6. The van der Waals surface area contributed by atoms with Crippen molar-refractivity contribution in [1.82, 2.24) is 0 Å². The average Bonchev–Trinajstić information content (AvgIpc) is 2.72. The Morgan fingerprint density at radius 2 is 1.33 bits per heavy atom. The van der Waals surface area contributed by atoms with Gasteiger partial charge in [-0.2, -0.15) is 0 Å². The molecular weight excluding hydrogens is 356 g/mol. The van der Waals surface area contributed by atoms with Gasteiger partial charge in [-0.3, -0.25) is 9.59 Å². The van der Waals surface area contributed by atoms with Crippen LogP contribution in [0.2, 0.25) is 0 Å². The van der Waals surface area contributed by atoms with Gasteiger partial charge in [0, 0.05) is 17.2 Å². The van der Waals surface area contributed by atoms with Crippen molar-refractivity contribution in [3.8, 4) is 11.1 Å². The van der Waals surface area contributed by atoms with Gasteiger partial charge in [-0.15, -0.1) is 0 Å². The average molecular weight is 376 g/mol. The molecule has 0 bridgehead atoms. The van der Waals surface area contributed by atoms with E-state index in [4.69, 9.17) is 5.11 Å². The van der Waals surface area contributed by atoms with Crippen LogP contribution in [-0.4, -0.2) is 16.2 Å². The minimum atomic E-state index is -0.853. The second-order valence-electron chi connectivity index (χ2n) is 6.18. The number of aliphatic carboxylic acids is 1. The first-order valence-corrected chi connectivity index (χ1v) is 9.64. The van der Waals surface area contributed by atoms with E-state index < -0.39 is 5.97 Å². The van der Waals surface area contributed by atoms with Crippen LogP contribution >= 0.6 is 11.8 Å². The first-order chi connectivity index (χ1) is 13.1. The lowest BCUT2D eigenvalue weighted by Crippen LogP contribution is -2.04. The molecule has 1 N–H and O–H groups in total. The third-order valence-electron chi connectivity index (χ3n) is 4.27. The molecule has 4 heteroatoms. The highest BCUT2D eigenvalue weighted by atomic mass is 32.2. The van der Waals surface area contributed by atoms with E-state index >= 15 is 0 Å². The summed E-state index contributed by atoms with van der Waals surface area (Å²) < 4.78 is 0. The first kappa shape index (κ1) is 18.9. The van der Waals surface area contributed by atoms with Crippen LogP contribution in [0.25, 0.3) is 11.1 Å². The Morgan fingerprint density at radius 1 is 0.778 bits per heavy atom. The quantitative estimate of drug-likeness (QED) is 0.563. The third kappa shape index (κ3) is 5.31. The zero-order valence-electron chi connectivity index (χ0n) is 14.7. The van der Waals surface area contributed by atoms with Crippen LogP contribution in [-0.2, 0) is 4.79 Å². The van der Waals surface area contributed by atoms with Crippen LogP contribution in [0.1, 0.15) is 34.0 Å². The molecule has 0 aliphatic carbocycles. The Labute approximate surface area is 163 Å². The van der Waals surface area contributed by atoms with Crippen molar-refractivity contribution in [2.24, 2.45) is 0 Å². The Balaban J connectivity index is 1.80. The molecule has 1 atom stereocenters. The van der Waals surface area contributed by atoms with Crippen LogP contribution in [0, 0.1) is 0 Å². The Bertz CT molecular complexity index is 890. The molecule has 0 saturated heterocycles. The molecule has 1 unspecified atom stereocenters. The van der Waals surface area contributed by atoms with Crippen LogP contribution in [0.5, 0.6) is 0 Å². The lowest BCUT2D eigenvalue weighted by atomic mass is 10.0. The molecule has 0 aromatic heterocycles. The molecule has 0 radical (unpaired) electrons. The van der Waals surface area contributed by atoms with Gasteiger partial charge in [0.25, 0.3) is 0 Å². The van der Waals surface area contributed by atoms with Gasteiger partial charge in [-0.1, -0.05) is 96.7 Å². The van der Waals surface area contributed by atoms with E-state index in [2.05, 4.69) is 0 Å². The van der Waals surface area contributed by atoms with E-state index in [-0.39, 0.29) is 16.8 Å². The minimum Gasteiger partial charge on any atom is -0.481 e. The van der Waals surface area contributed by atoms with E-state index in [0.717, 1.165) is 16.7 Å². The van der Waals surface area contributed by atoms with Crippen LogP contribution in [0.4, 0.5) is 0 Å². The van der Waals surface area contributed by atoms with Crippen molar-refractivity contribution >= 4 is 22.8 Å². The standard InChI is InChI=1S/C23H20O3S/c24-22(25)16-15-21(27-23(26)20-9-5-2-6-10-20)19-13-11-18(12-14-19)17-7-3-1-4-8-17/h1-14,21H,15-16H2,(H,24,25). The van der Waals surface area contributed by atoms with E-state index in [1.807, 2.05) is 72.8 Å².